The van der Waals surface area contributed by atoms with E-state index in [0.717, 1.165) is 6.42 Å². The Morgan fingerprint density at radius 3 is 2.38 bits per heavy atom. The first-order valence-corrected chi connectivity index (χ1v) is 2.49. The molecule has 0 atom stereocenters. The first-order chi connectivity index (χ1) is 3.93. The van der Waals surface area contributed by atoms with Gasteiger partial charge < -0.3 is 9.47 Å². The molecule has 0 aromatic carbocycles. The lowest BCUT2D eigenvalue weighted by molar-refractivity contribution is -0.173. The van der Waals surface area contributed by atoms with Gasteiger partial charge in [-0.05, 0) is 11.6 Å². The van der Waals surface area contributed by atoms with Gasteiger partial charge in [0.25, 0.3) is 6.41 Å². The number of nitroso groups, excluding NO2 is 1. The van der Waals surface area contributed by atoms with Crippen molar-refractivity contribution in [3.05, 3.63) is 4.91 Å². The fourth-order valence-electron chi connectivity index (χ4n) is 0.536. The normalized spacial score (nSPS) is 23.0. The van der Waals surface area contributed by atoms with Crippen LogP contribution in [0.5, 0.6) is 0 Å². The summed E-state index contributed by atoms with van der Waals surface area (Å²) in [6.07, 6.45) is 0.00944. The minimum absolute atomic E-state index is 0.580. The quantitative estimate of drug-likeness (QED) is 0.469. The molecule has 4 heteroatoms. The van der Waals surface area contributed by atoms with E-state index in [1.807, 2.05) is 0 Å². The molecule has 0 spiro atoms. The van der Waals surface area contributed by atoms with Crippen LogP contribution in [0.4, 0.5) is 0 Å². The van der Waals surface area contributed by atoms with Gasteiger partial charge >= 0.3 is 0 Å². The molecule has 0 saturated carbocycles. The molecule has 0 radical (unpaired) electrons. The molecule has 8 heavy (non-hydrogen) atoms. The SMILES string of the molecule is O=NC1OCCCO1. The lowest BCUT2D eigenvalue weighted by atomic mass is 10.5. The van der Waals surface area contributed by atoms with E-state index in [1.165, 1.54) is 0 Å². The molecule has 1 heterocycles. The van der Waals surface area contributed by atoms with Crippen molar-refractivity contribution in [2.75, 3.05) is 13.2 Å². The van der Waals surface area contributed by atoms with Gasteiger partial charge in [-0.2, -0.15) is 0 Å². The van der Waals surface area contributed by atoms with Crippen molar-refractivity contribution in [1.82, 2.24) is 0 Å². The second-order valence-corrected chi connectivity index (χ2v) is 1.51. The van der Waals surface area contributed by atoms with Gasteiger partial charge in [-0.15, -0.1) is 4.91 Å². The molecular formula is C4H7NO3. The molecule has 1 aliphatic rings. The second kappa shape index (κ2) is 2.74. The number of ether oxygens (including phenoxy) is 2. The maximum Gasteiger partial charge on any atom is 0.297 e. The maximum absolute atomic E-state index is 9.66. The van der Waals surface area contributed by atoms with Crippen molar-refractivity contribution in [2.24, 2.45) is 5.18 Å². The summed E-state index contributed by atoms with van der Waals surface area (Å²) in [6, 6.07) is 0. The third-order valence-corrected chi connectivity index (χ3v) is 0.896. The molecule has 46 valence electrons. The van der Waals surface area contributed by atoms with Gasteiger partial charge in [0.2, 0.25) is 0 Å². The minimum Gasteiger partial charge on any atom is -0.332 e. The van der Waals surface area contributed by atoms with Gasteiger partial charge in [0.1, 0.15) is 0 Å². The predicted molar refractivity (Wildman–Crippen MR) is 26.1 cm³/mol. The molecule has 0 amide bonds. The Morgan fingerprint density at radius 2 is 2.00 bits per heavy atom. The van der Waals surface area contributed by atoms with Crippen LogP contribution in [-0.2, 0) is 9.47 Å². The molecule has 1 fully saturated rings. The van der Waals surface area contributed by atoms with Crippen molar-refractivity contribution >= 4 is 0 Å². The van der Waals surface area contributed by atoms with E-state index < -0.39 is 6.41 Å². The zero-order chi connectivity index (χ0) is 5.82. The smallest absolute Gasteiger partial charge is 0.297 e. The summed E-state index contributed by atoms with van der Waals surface area (Å²) in [5.41, 5.74) is 0. The molecule has 1 saturated heterocycles. The van der Waals surface area contributed by atoms with Crippen LogP contribution in [0.25, 0.3) is 0 Å². The number of rotatable bonds is 1. The van der Waals surface area contributed by atoms with Crippen LogP contribution in [0, 0.1) is 4.91 Å². The van der Waals surface area contributed by atoms with E-state index in [4.69, 9.17) is 9.47 Å². The monoisotopic (exact) mass is 117 g/mol. The zero-order valence-corrected chi connectivity index (χ0v) is 4.37. The van der Waals surface area contributed by atoms with Crippen molar-refractivity contribution < 1.29 is 9.47 Å². The van der Waals surface area contributed by atoms with Crippen LogP contribution in [0.2, 0.25) is 0 Å². The number of hydrogen-bond donors (Lipinski definition) is 0. The van der Waals surface area contributed by atoms with E-state index in [-0.39, 0.29) is 0 Å². The van der Waals surface area contributed by atoms with Crippen molar-refractivity contribution in [3.63, 3.8) is 0 Å². The number of nitrogens with zero attached hydrogens (tertiary/aromatic N) is 1. The molecule has 1 aliphatic heterocycles. The molecule has 0 N–H and O–H groups in total. The van der Waals surface area contributed by atoms with E-state index in [9.17, 15) is 4.91 Å². The van der Waals surface area contributed by atoms with Gasteiger partial charge in [0.15, 0.2) is 0 Å². The summed E-state index contributed by atoms with van der Waals surface area (Å²) in [7, 11) is 0. The fraction of sp³-hybridized carbons (Fsp3) is 1.00. The Balaban J connectivity index is 2.22. The molecule has 0 aromatic rings. The van der Waals surface area contributed by atoms with Crippen LogP contribution in [0.1, 0.15) is 6.42 Å². The maximum atomic E-state index is 9.66. The van der Waals surface area contributed by atoms with Crippen molar-refractivity contribution in [1.29, 1.82) is 0 Å². The summed E-state index contributed by atoms with van der Waals surface area (Å²) >= 11 is 0. The highest BCUT2D eigenvalue weighted by Crippen LogP contribution is 2.03. The second-order valence-electron chi connectivity index (χ2n) is 1.51. The third kappa shape index (κ3) is 1.24. The van der Waals surface area contributed by atoms with Crippen LogP contribution < -0.4 is 0 Å². The highest BCUT2D eigenvalue weighted by atomic mass is 16.7. The molecule has 0 unspecified atom stereocenters. The summed E-state index contributed by atoms with van der Waals surface area (Å²) in [4.78, 5) is 9.66. The van der Waals surface area contributed by atoms with Gasteiger partial charge in [0, 0.05) is 0 Å². The Hall–Kier alpha value is -0.480. The fourth-order valence-corrected chi connectivity index (χ4v) is 0.536. The topological polar surface area (TPSA) is 47.9 Å². The molecule has 0 aliphatic carbocycles. The van der Waals surface area contributed by atoms with Gasteiger partial charge in [-0.25, -0.2) is 0 Å². The van der Waals surface area contributed by atoms with Gasteiger partial charge in [0.05, 0.1) is 13.2 Å². The van der Waals surface area contributed by atoms with E-state index in [0.29, 0.717) is 13.2 Å². The summed E-state index contributed by atoms with van der Waals surface area (Å²) in [6.45, 7) is 1.16. The average molecular weight is 117 g/mol. The molecule has 0 aromatic heterocycles. The lowest BCUT2D eigenvalue weighted by Crippen LogP contribution is -2.21. The van der Waals surface area contributed by atoms with Crippen LogP contribution in [-0.4, -0.2) is 19.6 Å². The Bertz CT molecular complexity index is 79.4. The van der Waals surface area contributed by atoms with Crippen LogP contribution in [0.3, 0.4) is 0 Å². The Labute approximate surface area is 46.8 Å². The lowest BCUT2D eigenvalue weighted by Gasteiger charge is -2.15. The molecule has 4 nitrogen and oxygen atoms in total. The number of hydrogen-bond acceptors (Lipinski definition) is 4. The molecular weight excluding hydrogens is 110 g/mol. The summed E-state index contributed by atoms with van der Waals surface area (Å²) in [5.74, 6) is 0. The molecule has 0 bridgehead atoms. The first-order valence-electron chi connectivity index (χ1n) is 2.49. The summed E-state index contributed by atoms with van der Waals surface area (Å²) in [5, 5.41) is 2.55. The van der Waals surface area contributed by atoms with Crippen molar-refractivity contribution in [3.8, 4) is 0 Å². The minimum atomic E-state index is -0.844. The summed E-state index contributed by atoms with van der Waals surface area (Å²) < 4.78 is 9.45. The van der Waals surface area contributed by atoms with Gasteiger partial charge in [-0.3, -0.25) is 0 Å². The highest BCUT2D eigenvalue weighted by Gasteiger charge is 2.12. The highest BCUT2D eigenvalue weighted by molar-refractivity contribution is 4.45. The van der Waals surface area contributed by atoms with Crippen molar-refractivity contribution in [2.45, 2.75) is 12.8 Å². The third-order valence-electron chi connectivity index (χ3n) is 0.896. The van der Waals surface area contributed by atoms with E-state index in [2.05, 4.69) is 5.18 Å². The average Bonchev–Trinajstić information content (AvgIpc) is 1.90. The molecule has 1 rings (SSSR count). The predicted octanol–water partition coefficient (Wildman–Crippen LogP) is 0.473. The zero-order valence-electron chi connectivity index (χ0n) is 4.37. The van der Waals surface area contributed by atoms with E-state index >= 15 is 0 Å². The first kappa shape index (κ1) is 5.65. The van der Waals surface area contributed by atoms with Gasteiger partial charge in [-0.1, -0.05) is 0 Å². The van der Waals surface area contributed by atoms with E-state index in [1.54, 1.807) is 0 Å². The largest absolute Gasteiger partial charge is 0.332 e. The van der Waals surface area contributed by atoms with Crippen LogP contribution >= 0.6 is 0 Å². The van der Waals surface area contributed by atoms with Crippen LogP contribution in [0.15, 0.2) is 5.18 Å². The Kier molecular flexibility index (Phi) is 1.93. The Morgan fingerprint density at radius 1 is 1.38 bits per heavy atom. The standard InChI is InChI=1S/C4H7NO3/c6-5-4-7-2-1-3-8-4/h4H,1-3H2.